The number of hydrogen-bond acceptors (Lipinski definition) is 3. The molecule has 1 aliphatic carbocycles. The molecule has 8 heteroatoms. The third kappa shape index (κ3) is 6.22. The highest BCUT2D eigenvalue weighted by Crippen LogP contribution is 2.37. The Morgan fingerprint density at radius 3 is 2.40 bits per heavy atom. The summed E-state index contributed by atoms with van der Waals surface area (Å²) >= 11 is 6.84. The van der Waals surface area contributed by atoms with Gasteiger partial charge in [0.1, 0.15) is 0 Å². The van der Waals surface area contributed by atoms with Crippen molar-refractivity contribution in [2.24, 2.45) is 5.92 Å². The van der Waals surface area contributed by atoms with Crippen molar-refractivity contribution in [3.63, 3.8) is 0 Å². The summed E-state index contributed by atoms with van der Waals surface area (Å²) in [5, 5.41) is 3.01. The Hall–Kier alpha value is -1.21. The Balaban J connectivity index is 1.78. The third-order valence-electron chi connectivity index (χ3n) is 4.17. The van der Waals surface area contributed by atoms with E-state index < -0.39 is 24.0 Å². The van der Waals surface area contributed by atoms with Crippen LogP contribution in [-0.2, 0) is 4.79 Å². The lowest BCUT2D eigenvalue weighted by atomic mass is 9.84. The molecule has 2 atom stereocenters. The lowest BCUT2D eigenvalue weighted by molar-refractivity contribution is -0.189. The fourth-order valence-corrected chi connectivity index (χ4v) is 3.75. The molecule has 138 valence electrons. The van der Waals surface area contributed by atoms with Crippen LogP contribution in [0, 0.1) is 5.92 Å². The van der Waals surface area contributed by atoms with Gasteiger partial charge in [-0.1, -0.05) is 24.4 Å². The predicted molar refractivity (Wildman–Crippen MR) is 93.1 cm³/mol. The first-order valence-corrected chi connectivity index (χ1v) is 9.53. The zero-order chi connectivity index (χ0) is 18.4. The van der Waals surface area contributed by atoms with Gasteiger partial charge in [-0.25, -0.2) is 0 Å². The maximum atomic E-state index is 13.0. The average molecular weight is 394 g/mol. The number of carbonyl (C=O) groups excluding carboxylic acids is 2. The SMILES string of the molecule is O=C(CSCC(=O)c1ccc(Cl)cc1)N[C@H]1CCCC[C@H]1C(F)(F)F. The fourth-order valence-electron chi connectivity index (χ4n) is 2.90. The zero-order valence-electron chi connectivity index (χ0n) is 13.4. The smallest absolute Gasteiger partial charge is 0.352 e. The van der Waals surface area contributed by atoms with Crippen LogP contribution in [0.25, 0.3) is 0 Å². The van der Waals surface area contributed by atoms with E-state index in [1.807, 2.05) is 0 Å². The van der Waals surface area contributed by atoms with Crippen LogP contribution in [0.5, 0.6) is 0 Å². The molecule has 1 aromatic rings. The molecule has 0 aromatic heterocycles. The number of nitrogens with one attached hydrogen (secondary N) is 1. The summed E-state index contributed by atoms with van der Waals surface area (Å²) in [4.78, 5) is 23.9. The van der Waals surface area contributed by atoms with E-state index in [4.69, 9.17) is 11.6 Å². The van der Waals surface area contributed by atoms with E-state index >= 15 is 0 Å². The fraction of sp³-hybridized carbons (Fsp3) is 0.529. The molecule has 1 amide bonds. The van der Waals surface area contributed by atoms with Crippen LogP contribution >= 0.6 is 23.4 Å². The summed E-state index contributed by atoms with van der Waals surface area (Å²) in [6.07, 6.45) is -2.70. The molecule has 0 spiro atoms. The molecule has 1 aromatic carbocycles. The van der Waals surface area contributed by atoms with Crippen LogP contribution in [-0.4, -0.2) is 35.4 Å². The van der Waals surface area contributed by atoms with Crippen molar-refractivity contribution in [3.8, 4) is 0 Å². The number of rotatable bonds is 6. The Bertz CT molecular complexity index is 607. The number of Topliss-reactive ketones (excluding diaryl/α,β-unsaturated/α-hetero) is 1. The van der Waals surface area contributed by atoms with Crippen LogP contribution in [0.15, 0.2) is 24.3 Å². The second-order valence-corrected chi connectivity index (χ2v) is 7.45. The third-order valence-corrected chi connectivity index (χ3v) is 5.35. The van der Waals surface area contributed by atoms with Crippen LogP contribution in [0.1, 0.15) is 36.0 Å². The van der Waals surface area contributed by atoms with Gasteiger partial charge in [0.15, 0.2) is 5.78 Å². The molecule has 1 fully saturated rings. The molecule has 0 heterocycles. The van der Waals surface area contributed by atoms with Crippen molar-refractivity contribution in [2.45, 2.75) is 37.9 Å². The number of benzene rings is 1. The van der Waals surface area contributed by atoms with Gasteiger partial charge in [0.2, 0.25) is 5.91 Å². The van der Waals surface area contributed by atoms with Gasteiger partial charge >= 0.3 is 6.18 Å². The van der Waals surface area contributed by atoms with Crippen molar-refractivity contribution >= 4 is 35.1 Å². The largest absolute Gasteiger partial charge is 0.393 e. The molecule has 1 saturated carbocycles. The molecule has 25 heavy (non-hydrogen) atoms. The summed E-state index contributed by atoms with van der Waals surface area (Å²) in [5.74, 6) is -2.05. The molecule has 0 radical (unpaired) electrons. The van der Waals surface area contributed by atoms with E-state index in [2.05, 4.69) is 5.32 Å². The van der Waals surface area contributed by atoms with E-state index in [-0.39, 0.29) is 23.7 Å². The monoisotopic (exact) mass is 393 g/mol. The van der Waals surface area contributed by atoms with Gasteiger partial charge in [-0.2, -0.15) is 13.2 Å². The van der Waals surface area contributed by atoms with E-state index in [1.165, 1.54) is 0 Å². The number of amides is 1. The molecule has 0 saturated heterocycles. The van der Waals surface area contributed by atoms with Gasteiger partial charge in [-0.05, 0) is 37.1 Å². The predicted octanol–water partition coefficient (Wildman–Crippen LogP) is 4.49. The molecule has 1 aliphatic rings. The maximum absolute atomic E-state index is 13.0. The van der Waals surface area contributed by atoms with Gasteiger partial charge in [0.25, 0.3) is 0 Å². The Morgan fingerprint density at radius 2 is 1.76 bits per heavy atom. The van der Waals surface area contributed by atoms with Gasteiger partial charge in [0.05, 0.1) is 17.4 Å². The Labute approximate surface area is 153 Å². The standard InChI is InChI=1S/C17H19ClF3NO2S/c18-12-7-5-11(6-8-12)15(23)9-25-10-16(24)22-14-4-2-1-3-13(14)17(19,20)21/h5-8,13-14H,1-4,9-10H2,(H,22,24)/t13-,14+/m1/s1. The minimum atomic E-state index is -4.30. The summed E-state index contributed by atoms with van der Waals surface area (Å²) in [6.45, 7) is 0. The molecular formula is C17H19ClF3NO2S. The second kappa shape index (κ2) is 8.94. The maximum Gasteiger partial charge on any atom is 0.393 e. The van der Waals surface area contributed by atoms with Crippen molar-refractivity contribution in [3.05, 3.63) is 34.9 Å². The van der Waals surface area contributed by atoms with Crippen molar-refractivity contribution in [2.75, 3.05) is 11.5 Å². The van der Waals surface area contributed by atoms with Gasteiger partial charge in [-0.3, -0.25) is 9.59 Å². The lowest BCUT2D eigenvalue weighted by Crippen LogP contribution is -2.48. The zero-order valence-corrected chi connectivity index (χ0v) is 15.0. The molecule has 2 rings (SSSR count). The first-order valence-electron chi connectivity index (χ1n) is 8.00. The van der Waals surface area contributed by atoms with Crippen LogP contribution < -0.4 is 5.32 Å². The van der Waals surface area contributed by atoms with Crippen LogP contribution in [0.4, 0.5) is 13.2 Å². The quantitative estimate of drug-likeness (QED) is 0.724. The van der Waals surface area contributed by atoms with Crippen LogP contribution in [0.3, 0.4) is 0 Å². The summed E-state index contributed by atoms with van der Waals surface area (Å²) in [7, 11) is 0. The highest BCUT2D eigenvalue weighted by Gasteiger charge is 2.45. The highest BCUT2D eigenvalue weighted by molar-refractivity contribution is 8.00. The topological polar surface area (TPSA) is 46.2 Å². The van der Waals surface area contributed by atoms with E-state index in [1.54, 1.807) is 24.3 Å². The number of ketones is 1. The van der Waals surface area contributed by atoms with E-state index in [9.17, 15) is 22.8 Å². The Morgan fingerprint density at radius 1 is 1.12 bits per heavy atom. The molecular weight excluding hydrogens is 375 g/mol. The number of thioether (sulfide) groups is 1. The second-order valence-electron chi connectivity index (χ2n) is 6.03. The van der Waals surface area contributed by atoms with Crippen molar-refractivity contribution in [1.82, 2.24) is 5.32 Å². The average Bonchev–Trinajstić information content (AvgIpc) is 2.55. The molecule has 0 bridgehead atoms. The number of carbonyl (C=O) groups is 2. The first-order chi connectivity index (χ1) is 11.8. The first kappa shape index (κ1) is 20.1. The summed E-state index contributed by atoms with van der Waals surface area (Å²) in [5.41, 5.74) is 0.488. The number of alkyl halides is 3. The molecule has 0 unspecified atom stereocenters. The van der Waals surface area contributed by atoms with Crippen molar-refractivity contribution in [1.29, 1.82) is 0 Å². The number of halogens is 4. The van der Waals surface area contributed by atoms with Crippen LogP contribution in [0.2, 0.25) is 5.02 Å². The number of hydrogen-bond donors (Lipinski definition) is 1. The van der Waals surface area contributed by atoms with E-state index in [0.717, 1.165) is 11.8 Å². The highest BCUT2D eigenvalue weighted by atomic mass is 35.5. The van der Waals surface area contributed by atoms with E-state index in [0.29, 0.717) is 29.8 Å². The summed E-state index contributed by atoms with van der Waals surface area (Å²) in [6, 6.07) is 5.54. The normalized spacial score (nSPS) is 21.0. The molecule has 1 N–H and O–H groups in total. The minimum absolute atomic E-state index is 0.0413. The lowest BCUT2D eigenvalue weighted by Gasteiger charge is -2.33. The summed E-state index contributed by atoms with van der Waals surface area (Å²) < 4.78 is 39.0. The van der Waals surface area contributed by atoms with Gasteiger partial charge in [-0.15, -0.1) is 11.8 Å². The Kier molecular flexibility index (Phi) is 7.19. The van der Waals surface area contributed by atoms with Gasteiger partial charge < -0.3 is 5.32 Å². The molecule has 3 nitrogen and oxygen atoms in total. The molecule has 0 aliphatic heterocycles. The minimum Gasteiger partial charge on any atom is -0.352 e. The van der Waals surface area contributed by atoms with Crippen molar-refractivity contribution < 1.29 is 22.8 Å². The van der Waals surface area contributed by atoms with Gasteiger partial charge in [0, 0.05) is 16.6 Å².